The molecule has 144 valence electrons. The quantitative estimate of drug-likeness (QED) is 0.810. The molecule has 2 fully saturated rings. The smallest absolute Gasteiger partial charge is 0.349 e. The highest BCUT2D eigenvalue weighted by atomic mass is 19.4. The van der Waals surface area contributed by atoms with Crippen molar-refractivity contribution in [2.45, 2.75) is 31.4 Å². The van der Waals surface area contributed by atoms with Crippen molar-refractivity contribution in [2.75, 3.05) is 14.1 Å². The molecule has 0 N–H and O–H groups in total. The summed E-state index contributed by atoms with van der Waals surface area (Å²) in [6.07, 6.45) is -1.34. The molecule has 1 amide bonds. The fraction of sp³-hybridized carbons (Fsp3) is 0.526. The Balaban J connectivity index is 1.61. The van der Waals surface area contributed by atoms with Gasteiger partial charge in [-0.3, -0.25) is 4.79 Å². The van der Waals surface area contributed by atoms with Gasteiger partial charge in [-0.1, -0.05) is 17.3 Å². The minimum atomic E-state index is -4.39. The summed E-state index contributed by atoms with van der Waals surface area (Å²) in [5.41, 5.74) is -0.267. The zero-order valence-corrected chi connectivity index (χ0v) is 15.0. The Morgan fingerprint density at radius 2 is 1.81 bits per heavy atom. The van der Waals surface area contributed by atoms with Crippen LogP contribution in [-0.2, 0) is 11.0 Å². The number of amides is 1. The zero-order chi connectivity index (χ0) is 19.3. The first kappa shape index (κ1) is 18.0. The third-order valence-corrected chi connectivity index (χ3v) is 5.84. The van der Waals surface area contributed by atoms with Crippen LogP contribution in [0.2, 0.25) is 0 Å². The number of rotatable bonds is 3. The van der Waals surface area contributed by atoms with E-state index in [1.807, 2.05) is 0 Å². The van der Waals surface area contributed by atoms with Gasteiger partial charge in [-0.05, 0) is 43.2 Å². The first-order chi connectivity index (χ1) is 12.8. The van der Waals surface area contributed by atoms with Crippen LogP contribution in [0.15, 0.2) is 28.8 Å². The summed E-state index contributed by atoms with van der Waals surface area (Å²) < 4.78 is 43.6. The van der Waals surface area contributed by atoms with Gasteiger partial charge in [0.2, 0.25) is 17.6 Å². The molecule has 8 heteroatoms. The van der Waals surface area contributed by atoms with Gasteiger partial charge in [-0.15, -0.1) is 0 Å². The van der Waals surface area contributed by atoms with E-state index in [-0.39, 0.29) is 23.6 Å². The van der Waals surface area contributed by atoms with Gasteiger partial charge in [-0.25, -0.2) is 0 Å². The summed E-state index contributed by atoms with van der Waals surface area (Å²) >= 11 is 0. The molecule has 2 aliphatic rings. The van der Waals surface area contributed by atoms with Gasteiger partial charge in [-0.2, -0.15) is 18.2 Å². The van der Waals surface area contributed by atoms with Crippen molar-refractivity contribution >= 4 is 5.91 Å². The van der Waals surface area contributed by atoms with E-state index in [1.165, 1.54) is 12.1 Å². The number of alkyl halides is 3. The maximum Gasteiger partial charge on any atom is 0.416 e. The lowest BCUT2D eigenvalue weighted by atomic mass is 9.78. The first-order valence-corrected chi connectivity index (χ1v) is 8.98. The van der Waals surface area contributed by atoms with E-state index >= 15 is 0 Å². The molecule has 0 radical (unpaired) electrons. The predicted octanol–water partition coefficient (Wildman–Crippen LogP) is 3.97. The van der Waals surface area contributed by atoms with E-state index < -0.39 is 11.7 Å². The Kier molecular flexibility index (Phi) is 4.24. The molecule has 4 atom stereocenters. The van der Waals surface area contributed by atoms with Crippen molar-refractivity contribution in [2.24, 2.45) is 17.8 Å². The fourth-order valence-electron chi connectivity index (χ4n) is 4.60. The Bertz CT molecular complexity index is 845. The summed E-state index contributed by atoms with van der Waals surface area (Å²) in [5.74, 6) is 1.12. The fourth-order valence-corrected chi connectivity index (χ4v) is 4.60. The van der Waals surface area contributed by atoms with E-state index in [1.54, 1.807) is 19.0 Å². The molecule has 0 unspecified atom stereocenters. The number of fused-ring (bicyclic) bond motifs is 2. The summed E-state index contributed by atoms with van der Waals surface area (Å²) in [5, 5.41) is 3.95. The van der Waals surface area contributed by atoms with E-state index in [0.717, 1.165) is 31.4 Å². The molecule has 0 spiro atoms. The molecule has 2 aromatic rings. The van der Waals surface area contributed by atoms with Gasteiger partial charge in [0.25, 0.3) is 0 Å². The van der Waals surface area contributed by atoms with Crippen molar-refractivity contribution in [3.8, 4) is 11.4 Å². The van der Waals surface area contributed by atoms with Crippen LogP contribution < -0.4 is 0 Å². The summed E-state index contributed by atoms with van der Waals surface area (Å²) in [6, 6.07) is 4.67. The average Bonchev–Trinajstić information content (AvgIpc) is 3.35. The van der Waals surface area contributed by atoms with Gasteiger partial charge >= 0.3 is 6.18 Å². The number of aromatic nitrogens is 2. The molecule has 2 bridgehead atoms. The van der Waals surface area contributed by atoms with Gasteiger partial charge in [0, 0.05) is 19.7 Å². The Morgan fingerprint density at radius 1 is 1.15 bits per heavy atom. The maximum absolute atomic E-state index is 12.7. The van der Waals surface area contributed by atoms with Crippen LogP contribution in [0.1, 0.15) is 36.6 Å². The number of benzene rings is 1. The Morgan fingerprint density at radius 3 is 2.44 bits per heavy atom. The van der Waals surface area contributed by atoms with E-state index in [0.29, 0.717) is 23.3 Å². The molecule has 1 aromatic carbocycles. The number of hydrogen-bond donors (Lipinski definition) is 0. The molecule has 4 rings (SSSR count). The lowest BCUT2D eigenvalue weighted by Gasteiger charge is -2.29. The summed E-state index contributed by atoms with van der Waals surface area (Å²) in [7, 11) is 3.49. The normalized spacial score (nSPS) is 27.1. The molecule has 27 heavy (non-hydrogen) atoms. The zero-order valence-electron chi connectivity index (χ0n) is 15.0. The highest BCUT2D eigenvalue weighted by Crippen LogP contribution is 2.56. The molecule has 1 heterocycles. The van der Waals surface area contributed by atoms with Crippen LogP contribution in [-0.4, -0.2) is 35.0 Å². The monoisotopic (exact) mass is 379 g/mol. The molecule has 1 aromatic heterocycles. The first-order valence-electron chi connectivity index (χ1n) is 8.98. The third-order valence-electron chi connectivity index (χ3n) is 5.84. The summed E-state index contributed by atoms with van der Waals surface area (Å²) in [6.45, 7) is 0. The van der Waals surface area contributed by atoms with Gasteiger partial charge in [0.1, 0.15) is 0 Å². The SMILES string of the molecule is CN(C)C(=O)[C@H]1[C@H]2CC[C@H](C2)[C@@H]1c1nc(-c2ccc(C(F)(F)F)cc2)no1. The second kappa shape index (κ2) is 6.35. The van der Waals surface area contributed by atoms with Crippen LogP contribution >= 0.6 is 0 Å². The topological polar surface area (TPSA) is 59.2 Å². The second-order valence-corrected chi connectivity index (χ2v) is 7.65. The van der Waals surface area contributed by atoms with Crippen LogP contribution in [0.5, 0.6) is 0 Å². The Labute approximate surface area is 154 Å². The van der Waals surface area contributed by atoms with Gasteiger partial charge < -0.3 is 9.42 Å². The van der Waals surface area contributed by atoms with Crippen LogP contribution in [0.4, 0.5) is 13.2 Å². The molecular weight excluding hydrogens is 359 g/mol. The second-order valence-electron chi connectivity index (χ2n) is 7.65. The minimum Gasteiger partial charge on any atom is -0.349 e. The summed E-state index contributed by atoms with van der Waals surface area (Å²) in [4.78, 5) is 18.7. The highest BCUT2D eigenvalue weighted by molar-refractivity contribution is 5.80. The van der Waals surface area contributed by atoms with E-state index in [2.05, 4.69) is 10.1 Å². The van der Waals surface area contributed by atoms with Gasteiger partial charge in [0.15, 0.2) is 0 Å². The number of carbonyl (C=O) groups excluding carboxylic acids is 1. The van der Waals surface area contributed by atoms with Crippen LogP contribution in [0, 0.1) is 17.8 Å². The van der Waals surface area contributed by atoms with Crippen LogP contribution in [0.25, 0.3) is 11.4 Å². The van der Waals surface area contributed by atoms with Crippen molar-refractivity contribution in [1.29, 1.82) is 0 Å². The van der Waals surface area contributed by atoms with E-state index in [4.69, 9.17) is 4.52 Å². The molecule has 2 aliphatic carbocycles. The van der Waals surface area contributed by atoms with Crippen molar-refractivity contribution in [3.05, 3.63) is 35.7 Å². The van der Waals surface area contributed by atoms with Crippen molar-refractivity contribution in [3.63, 3.8) is 0 Å². The van der Waals surface area contributed by atoms with Gasteiger partial charge in [0.05, 0.1) is 17.4 Å². The number of hydrogen-bond acceptors (Lipinski definition) is 4. The van der Waals surface area contributed by atoms with E-state index in [9.17, 15) is 18.0 Å². The van der Waals surface area contributed by atoms with Crippen molar-refractivity contribution < 1.29 is 22.5 Å². The molecule has 0 aliphatic heterocycles. The lowest BCUT2D eigenvalue weighted by molar-refractivity contribution is -0.137. The van der Waals surface area contributed by atoms with Crippen LogP contribution in [0.3, 0.4) is 0 Å². The predicted molar refractivity (Wildman–Crippen MR) is 90.5 cm³/mol. The highest BCUT2D eigenvalue weighted by Gasteiger charge is 2.54. The Hall–Kier alpha value is -2.38. The number of carbonyl (C=O) groups is 1. The number of nitrogens with zero attached hydrogens (tertiary/aromatic N) is 3. The van der Waals surface area contributed by atoms with Crippen molar-refractivity contribution in [1.82, 2.24) is 15.0 Å². The molecular formula is C19H20F3N3O2. The number of halogens is 3. The average molecular weight is 379 g/mol. The minimum absolute atomic E-state index is 0.0708. The standard InChI is InChI=1S/C19H20F3N3O2/c1-25(2)18(26)15-12-4-3-11(9-12)14(15)17-23-16(24-27-17)10-5-7-13(8-6-10)19(20,21)22/h5-8,11-12,14-15H,3-4,9H2,1-2H3/t11-,12+,14+,15+/m1/s1. The maximum atomic E-state index is 12.7. The molecule has 2 saturated carbocycles. The molecule has 5 nitrogen and oxygen atoms in total. The molecule has 0 saturated heterocycles. The third kappa shape index (κ3) is 3.11. The largest absolute Gasteiger partial charge is 0.416 e. The lowest BCUT2D eigenvalue weighted by Crippen LogP contribution is -2.36.